The van der Waals surface area contributed by atoms with Crippen molar-refractivity contribution in [3.8, 4) is 0 Å². The zero-order valence-corrected chi connectivity index (χ0v) is 12.3. The summed E-state index contributed by atoms with van der Waals surface area (Å²) in [7, 11) is 0. The lowest BCUT2D eigenvalue weighted by atomic mass is 10.2. The molecule has 1 rings (SSSR count). The Labute approximate surface area is 120 Å². The van der Waals surface area contributed by atoms with Crippen LogP contribution in [0.4, 0.5) is 5.69 Å². The molecule has 0 saturated carbocycles. The standard InChI is InChI=1S/C13H16BrNO4/c1-2-3-4-5-8-19-13(16)11-9-10(15(17)18)6-7-12(11)14/h6-7,9H,2-5,8H2,1H3. The summed E-state index contributed by atoms with van der Waals surface area (Å²) in [5.74, 6) is -0.535. The fraction of sp³-hybridized carbons (Fsp3) is 0.462. The van der Waals surface area contributed by atoms with Crippen LogP contribution in [0.2, 0.25) is 0 Å². The Morgan fingerprint density at radius 2 is 2.11 bits per heavy atom. The largest absolute Gasteiger partial charge is 0.462 e. The van der Waals surface area contributed by atoms with Crippen molar-refractivity contribution in [3.05, 3.63) is 38.3 Å². The quantitative estimate of drug-likeness (QED) is 0.327. The molecule has 0 aliphatic heterocycles. The van der Waals surface area contributed by atoms with Gasteiger partial charge >= 0.3 is 5.97 Å². The molecule has 0 saturated heterocycles. The van der Waals surface area contributed by atoms with E-state index in [2.05, 4.69) is 22.9 Å². The second-order valence-electron chi connectivity index (χ2n) is 4.12. The molecule has 0 aliphatic carbocycles. The third-order valence-electron chi connectivity index (χ3n) is 2.61. The van der Waals surface area contributed by atoms with E-state index in [0.717, 1.165) is 25.7 Å². The van der Waals surface area contributed by atoms with Gasteiger partial charge in [-0.05, 0) is 28.4 Å². The van der Waals surface area contributed by atoms with Gasteiger partial charge in [-0.15, -0.1) is 0 Å². The zero-order chi connectivity index (χ0) is 14.3. The number of nitro benzene ring substituents is 1. The summed E-state index contributed by atoms with van der Waals surface area (Å²) in [4.78, 5) is 21.9. The van der Waals surface area contributed by atoms with Crippen molar-refractivity contribution < 1.29 is 14.5 Å². The third kappa shape index (κ3) is 4.98. The predicted octanol–water partition coefficient (Wildman–Crippen LogP) is 4.09. The summed E-state index contributed by atoms with van der Waals surface area (Å²) >= 11 is 3.19. The molecule has 104 valence electrons. The lowest BCUT2D eigenvalue weighted by molar-refractivity contribution is -0.384. The van der Waals surface area contributed by atoms with Crippen LogP contribution >= 0.6 is 15.9 Å². The molecule has 0 amide bonds. The molecule has 0 radical (unpaired) electrons. The van der Waals surface area contributed by atoms with Crippen molar-refractivity contribution in [2.45, 2.75) is 32.6 Å². The van der Waals surface area contributed by atoms with Crippen molar-refractivity contribution in [3.63, 3.8) is 0 Å². The molecule has 0 bridgehead atoms. The molecule has 0 fully saturated rings. The van der Waals surface area contributed by atoms with Gasteiger partial charge in [-0.2, -0.15) is 0 Å². The number of carbonyl (C=O) groups is 1. The van der Waals surface area contributed by atoms with Gasteiger partial charge in [-0.1, -0.05) is 26.2 Å². The molecule has 0 N–H and O–H groups in total. The number of unbranched alkanes of at least 4 members (excludes halogenated alkanes) is 3. The van der Waals surface area contributed by atoms with Crippen molar-refractivity contribution in [1.82, 2.24) is 0 Å². The fourth-order valence-electron chi connectivity index (χ4n) is 1.55. The maximum absolute atomic E-state index is 11.8. The summed E-state index contributed by atoms with van der Waals surface area (Å²) in [6.07, 6.45) is 4.05. The monoisotopic (exact) mass is 329 g/mol. The van der Waals surface area contributed by atoms with E-state index in [9.17, 15) is 14.9 Å². The number of esters is 1. The minimum absolute atomic E-state index is 0.124. The first-order chi connectivity index (χ1) is 9.06. The Hall–Kier alpha value is -1.43. The highest BCUT2D eigenvalue weighted by Gasteiger charge is 2.16. The Morgan fingerprint density at radius 3 is 2.74 bits per heavy atom. The number of rotatable bonds is 7. The van der Waals surface area contributed by atoms with Crippen LogP contribution in [-0.4, -0.2) is 17.5 Å². The van der Waals surface area contributed by atoms with Crippen LogP contribution in [0.5, 0.6) is 0 Å². The highest BCUT2D eigenvalue weighted by Crippen LogP contribution is 2.23. The van der Waals surface area contributed by atoms with Crippen molar-refractivity contribution in [2.24, 2.45) is 0 Å². The maximum Gasteiger partial charge on any atom is 0.339 e. The summed E-state index contributed by atoms with van der Waals surface area (Å²) < 4.78 is 5.60. The van der Waals surface area contributed by atoms with Crippen LogP contribution < -0.4 is 0 Å². The number of halogens is 1. The number of benzene rings is 1. The highest BCUT2D eigenvalue weighted by atomic mass is 79.9. The number of nitro groups is 1. The molecule has 0 aliphatic rings. The van der Waals surface area contributed by atoms with Crippen LogP contribution in [0.25, 0.3) is 0 Å². The molecule has 1 aromatic rings. The normalized spacial score (nSPS) is 10.2. The fourth-order valence-corrected chi connectivity index (χ4v) is 1.96. The van der Waals surface area contributed by atoms with Crippen LogP contribution in [0.3, 0.4) is 0 Å². The second-order valence-corrected chi connectivity index (χ2v) is 4.97. The minimum Gasteiger partial charge on any atom is -0.462 e. The van der Waals surface area contributed by atoms with Gasteiger partial charge in [-0.25, -0.2) is 4.79 Å². The van der Waals surface area contributed by atoms with E-state index >= 15 is 0 Å². The predicted molar refractivity (Wildman–Crippen MR) is 75.2 cm³/mol. The zero-order valence-electron chi connectivity index (χ0n) is 10.7. The second kappa shape index (κ2) is 7.89. The van der Waals surface area contributed by atoms with E-state index in [4.69, 9.17) is 4.74 Å². The van der Waals surface area contributed by atoms with Crippen molar-refractivity contribution in [2.75, 3.05) is 6.61 Å². The van der Waals surface area contributed by atoms with Gasteiger partial charge in [0.15, 0.2) is 0 Å². The summed E-state index contributed by atoms with van der Waals surface area (Å²) in [6.45, 7) is 2.44. The summed E-state index contributed by atoms with van der Waals surface area (Å²) in [5.41, 5.74) is 0.0609. The molecule has 6 heteroatoms. The summed E-state index contributed by atoms with van der Waals surface area (Å²) in [6, 6.07) is 4.03. The molecular weight excluding hydrogens is 314 g/mol. The Bertz CT molecular complexity index is 462. The number of ether oxygens (including phenoxy) is 1. The topological polar surface area (TPSA) is 69.4 Å². The van der Waals surface area contributed by atoms with Gasteiger partial charge in [0.2, 0.25) is 0 Å². The van der Waals surface area contributed by atoms with E-state index < -0.39 is 10.9 Å². The highest BCUT2D eigenvalue weighted by molar-refractivity contribution is 9.10. The molecule has 0 unspecified atom stereocenters. The van der Waals surface area contributed by atoms with Gasteiger partial charge in [0.1, 0.15) is 0 Å². The Morgan fingerprint density at radius 1 is 1.37 bits per heavy atom. The van der Waals surface area contributed by atoms with Crippen LogP contribution in [0.15, 0.2) is 22.7 Å². The SMILES string of the molecule is CCCCCCOC(=O)c1cc([N+](=O)[O-])ccc1Br. The minimum atomic E-state index is -0.537. The first-order valence-electron chi connectivity index (χ1n) is 6.17. The smallest absolute Gasteiger partial charge is 0.339 e. The lowest BCUT2D eigenvalue weighted by Gasteiger charge is -2.06. The van der Waals surface area contributed by atoms with Crippen LogP contribution in [0, 0.1) is 10.1 Å². The number of hydrogen-bond acceptors (Lipinski definition) is 4. The van der Waals surface area contributed by atoms with Crippen LogP contribution in [-0.2, 0) is 4.74 Å². The molecular formula is C13H16BrNO4. The molecule has 1 aromatic carbocycles. The maximum atomic E-state index is 11.8. The first kappa shape index (κ1) is 15.6. The molecule has 0 atom stereocenters. The van der Waals surface area contributed by atoms with Gasteiger partial charge in [0, 0.05) is 16.6 Å². The molecule has 0 aromatic heterocycles. The average molecular weight is 330 g/mol. The van der Waals surface area contributed by atoms with Crippen molar-refractivity contribution in [1.29, 1.82) is 0 Å². The van der Waals surface area contributed by atoms with Gasteiger partial charge in [0.25, 0.3) is 5.69 Å². The number of carbonyl (C=O) groups excluding carboxylic acids is 1. The van der Waals surface area contributed by atoms with E-state index in [-0.39, 0.29) is 11.3 Å². The lowest BCUT2D eigenvalue weighted by Crippen LogP contribution is -2.08. The first-order valence-corrected chi connectivity index (χ1v) is 6.96. The van der Waals surface area contributed by atoms with Gasteiger partial charge in [0.05, 0.1) is 17.1 Å². The Kier molecular flexibility index (Phi) is 6.49. The molecule has 0 spiro atoms. The van der Waals surface area contributed by atoms with E-state index in [1.165, 1.54) is 18.2 Å². The molecule has 19 heavy (non-hydrogen) atoms. The average Bonchev–Trinajstić information content (AvgIpc) is 2.38. The Balaban J connectivity index is 2.61. The van der Waals surface area contributed by atoms with E-state index in [0.29, 0.717) is 11.1 Å². The number of nitrogens with zero attached hydrogens (tertiary/aromatic N) is 1. The van der Waals surface area contributed by atoms with Gasteiger partial charge in [-0.3, -0.25) is 10.1 Å². The summed E-state index contributed by atoms with van der Waals surface area (Å²) in [5, 5.41) is 10.7. The van der Waals surface area contributed by atoms with Crippen molar-refractivity contribution >= 4 is 27.6 Å². The molecule has 5 nitrogen and oxygen atoms in total. The van der Waals surface area contributed by atoms with Gasteiger partial charge < -0.3 is 4.74 Å². The number of hydrogen-bond donors (Lipinski definition) is 0. The van der Waals surface area contributed by atoms with E-state index in [1.54, 1.807) is 0 Å². The number of non-ortho nitro benzene ring substituents is 1. The molecule has 0 heterocycles. The van der Waals surface area contributed by atoms with Crippen LogP contribution in [0.1, 0.15) is 43.0 Å². The third-order valence-corrected chi connectivity index (χ3v) is 3.30. The van der Waals surface area contributed by atoms with E-state index in [1.807, 2.05) is 0 Å².